The number of likely N-dealkylation sites (tertiary alicyclic amines) is 1. The van der Waals surface area contributed by atoms with Gasteiger partial charge in [-0.05, 0) is 51.9 Å². The van der Waals surface area contributed by atoms with Gasteiger partial charge < -0.3 is 15.0 Å². The van der Waals surface area contributed by atoms with Crippen LogP contribution in [0.15, 0.2) is 0 Å². The predicted octanol–water partition coefficient (Wildman–Crippen LogP) is 1.12. The quantitative estimate of drug-likeness (QED) is 0.797. The molecule has 1 atom stereocenters. The van der Waals surface area contributed by atoms with E-state index in [2.05, 4.69) is 17.1 Å². The SMILES string of the molecule is CCN1CCCC1CN(C)C(=O)COC1CCNCC1.Cl. The minimum Gasteiger partial charge on any atom is -0.368 e. The summed E-state index contributed by atoms with van der Waals surface area (Å²) < 4.78 is 5.74. The molecule has 0 aromatic rings. The Kier molecular flexibility index (Phi) is 8.56. The summed E-state index contributed by atoms with van der Waals surface area (Å²) in [4.78, 5) is 16.5. The normalized spacial score (nSPS) is 23.8. The molecule has 0 aliphatic carbocycles. The molecule has 0 radical (unpaired) electrons. The first-order valence-corrected chi connectivity index (χ1v) is 8.01. The average molecular weight is 320 g/mol. The Labute approximate surface area is 134 Å². The number of rotatable bonds is 6. The number of ether oxygens (including phenoxy) is 1. The molecule has 0 bridgehead atoms. The van der Waals surface area contributed by atoms with Crippen molar-refractivity contribution in [2.45, 2.75) is 44.8 Å². The van der Waals surface area contributed by atoms with Crippen molar-refractivity contribution in [1.29, 1.82) is 0 Å². The maximum atomic E-state index is 12.1. The molecule has 0 aromatic carbocycles. The van der Waals surface area contributed by atoms with Gasteiger partial charge in [-0.1, -0.05) is 6.92 Å². The van der Waals surface area contributed by atoms with E-state index in [0.29, 0.717) is 6.04 Å². The van der Waals surface area contributed by atoms with Gasteiger partial charge in [-0.2, -0.15) is 0 Å². The van der Waals surface area contributed by atoms with Crippen molar-refractivity contribution in [2.75, 3.05) is 46.4 Å². The van der Waals surface area contributed by atoms with Crippen LogP contribution in [0, 0.1) is 0 Å². The number of piperidine rings is 1. The van der Waals surface area contributed by atoms with E-state index in [1.807, 2.05) is 11.9 Å². The third-order valence-electron chi connectivity index (χ3n) is 4.54. The highest BCUT2D eigenvalue weighted by Gasteiger charge is 2.25. The first kappa shape index (κ1) is 18.7. The van der Waals surface area contributed by atoms with Crippen LogP contribution in [-0.2, 0) is 9.53 Å². The molecule has 0 aromatic heterocycles. The monoisotopic (exact) mass is 319 g/mol. The highest BCUT2D eigenvalue weighted by Crippen LogP contribution is 2.17. The Morgan fingerprint density at radius 1 is 1.33 bits per heavy atom. The average Bonchev–Trinajstić information content (AvgIpc) is 2.93. The molecular weight excluding hydrogens is 290 g/mol. The smallest absolute Gasteiger partial charge is 0.248 e. The Morgan fingerprint density at radius 3 is 2.71 bits per heavy atom. The standard InChI is InChI=1S/C15H29N3O2.ClH/c1-3-18-10-4-5-13(18)11-17(2)15(19)12-20-14-6-8-16-9-7-14;/h13-14,16H,3-12H2,1-2H3;1H. The van der Waals surface area contributed by atoms with Gasteiger partial charge in [0.15, 0.2) is 0 Å². The molecule has 1 N–H and O–H groups in total. The first-order valence-electron chi connectivity index (χ1n) is 8.01. The fourth-order valence-electron chi connectivity index (χ4n) is 3.20. The molecule has 2 aliphatic heterocycles. The largest absolute Gasteiger partial charge is 0.368 e. The van der Waals surface area contributed by atoms with Gasteiger partial charge in [-0.3, -0.25) is 9.69 Å². The molecule has 2 fully saturated rings. The second kappa shape index (κ2) is 9.62. The number of hydrogen-bond donors (Lipinski definition) is 1. The fourth-order valence-corrected chi connectivity index (χ4v) is 3.20. The minimum atomic E-state index is 0. The zero-order valence-electron chi connectivity index (χ0n) is 13.3. The van der Waals surface area contributed by atoms with Crippen LogP contribution < -0.4 is 5.32 Å². The summed E-state index contributed by atoms with van der Waals surface area (Å²) in [5.74, 6) is 0.117. The number of nitrogens with one attached hydrogen (secondary N) is 1. The summed E-state index contributed by atoms with van der Waals surface area (Å²) in [7, 11) is 1.90. The van der Waals surface area contributed by atoms with Crippen LogP contribution in [0.2, 0.25) is 0 Å². The Hall–Kier alpha value is -0.360. The third kappa shape index (κ3) is 5.74. The predicted molar refractivity (Wildman–Crippen MR) is 87.0 cm³/mol. The summed E-state index contributed by atoms with van der Waals surface area (Å²) in [6.07, 6.45) is 4.76. The maximum absolute atomic E-state index is 12.1. The lowest BCUT2D eigenvalue weighted by atomic mass is 10.1. The lowest BCUT2D eigenvalue weighted by Gasteiger charge is -2.28. The molecule has 6 heteroatoms. The van der Waals surface area contributed by atoms with E-state index in [1.54, 1.807) is 0 Å². The van der Waals surface area contributed by atoms with Gasteiger partial charge in [0.1, 0.15) is 6.61 Å². The molecule has 5 nitrogen and oxygen atoms in total. The molecule has 0 saturated carbocycles. The summed E-state index contributed by atoms with van der Waals surface area (Å²) in [5.41, 5.74) is 0. The van der Waals surface area contributed by atoms with Gasteiger partial charge in [-0.25, -0.2) is 0 Å². The second-order valence-electron chi connectivity index (χ2n) is 5.96. The van der Waals surface area contributed by atoms with Crippen LogP contribution in [0.3, 0.4) is 0 Å². The number of carbonyl (C=O) groups is 1. The molecule has 0 spiro atoms. The zero-order valence-corrected chi connectivity index (χ0v) is 14.2. The number of likely N-dealkylation sites (N-methyl/N-ethyl adjacent to an activating group) is 2. The van der Waals surface area contributed by atoms with E-state index in [4.69, 9.17) is 4.74 Å². The molecule has 2 saturated heterocycles. The topological polar surface area (TPSA) is 44.8 Å². The van der Waals surface area contributed by atoms with E-state index >= 15 is 0 Å². The van der Waals surface area contributed by atoms with E-state index < -0.39 is 0 Å². The van der Waals surface area contributed by atoms with Crippen LogP contribution in [0.25, 0.3) is 0 Å². The van der Waals surface area contributed by atoms with E-state index in [0.717, 1.165) is 39.0 Å². The van der Waals surface area contributed by atoms with Gasteiger partial charge in [0, 0.05) is 19.6 Å². The van der Waals surface area contributed by atoms with Crippen LogP contribution in [0.4, 0.5) is 0 Å². The van der Waals surface area contributed by atoms with E-state index in [9.17, 15) is 4.79 Å². The first-order chi connectivity index (χ1) is 9.70. The number of amides is 1. The number of carbonyl (C=O) groups excluding carboxylic acids is 1. The highest BCUT2D eigenvalue weighted by atomic mass is 35.5. The summed E-state index contributed by atoms with van der Waals surface area (Å²) >= 11 is 0. The summed E-state index contributed by atoms with van der Waals surface area (Å²) in [6.45, 7) is 7.53. The van der Waals surface area contributed by atoms with E-state index in [1.165, 1.54) is 19.4 Å². The Morgan fingerprint density at radius 2 is 2.05 bits per heavy atom. The van der Waals surface area contributed by atoms with Crippen molar-refractivity contribution in [3.8, 4) is 0 Å². The van der Waals surface area contributed by atoms with Gasteiger partial charge in [0.2, 0.25) is 5.91 Å². The van der Waals surface area contributed by atoms with Crippen molar-refractivity contribution >= 4 is 18.3 Å². The maximum Gasteiger partial charge on any atom is 0.248 e. The van der Waals surface area contributed by atoms with Crippen molar-refractivity contribution in [2.24, 2.45) is 0 Å². The zero-order chi connectivity index (χ0) is 14.4. The fraction of sp³-hybridized carbons (Fsp3) is 0.933. The molecule has 21 heavy (non-hydrogen) atoms. The molecule has 1 amide bonds. The number of halogens is 1. The van der Waals surface area contributed by atoms with Gasteiger partial charge >= 0.3 is 0 Å². The Bertz CT molecular complexity index is 311. The Balaban J connectivity index is 0.00000220. The number of hydrogen-bond acceptors (Lipinski definition) is 4. The lowest BCUT2D eigenvalue weighted by Crippen LogP contribution is -2.43. The van der Waals surface area contributed by atoms with Crippen molar-refractivity contribution < 1.29 is 9.53 Å². The molecular formula is C15H30ClN3O2. The number of nitrogens with zero attached hydrogens (tertiary/aromatic N) is 2. The van der Waals surface area contributed by atoms with Gasteiger partial charge in [0.25, 0.3) is 0 Å². The minimum absolute atomic E-state index is 0. The van der Waals surface area contributed by atoms with Crippen LogP contribution in [0.5, 0.6) is 0 Å². The molecule has 2 rings (SSSR count). The van der Waals surface area contributed by atoms with Crippen molar-refractivity contribution in [3.63, 3.8) is 0 Å². The highest BCUT2D eigenvalue weighted by molar-refractivity contribution is 5.85. The van der Waals surface area contributed by atoms with Crippen LogP contribution in [0.1, 0.15) is 32.6 Å². The molecule has 124 valence electrons. The molecule has 1 unspecified atom stereocenters. The molecule has 2 aliphatic rings. The lowest BCUT2D eigenvalue weighted by molar-refractivity contribution is -0.138. The van der Waals surface area contributed by atoms with Crippen molar-refractivity contribution in [1.82, 2.24) is 15.1 Å². The summed E-state index contributed by atoms with van der Waals surface area (Å²) in [5, 5.41) is 3.30. The summed E-state index contributed by atoms with van der Waals surface area (Å²) in [6, 6.07) is 0.535. The van der Waals surface area contributed by atoms with E-state index in [-0.39, 0.29) is 31.0 Å². The van der Waals surface area contributed by atoms with Crippen LogP contribution >= 0.6 is 12.4 Å². The van der Waals surface area contributed by atoms with Crippen molar-refractivity contribution in [3.05, 3.63) is 0 Å². The third-order valence-corrected chi connectivity index (χ3v) is 4.54. The van der Waals surface area contributed by atoms with Crippen LogP contribution in [-0.4, -0.2) is 74.2 Å². The van der Waals surface area contributed by atoms with Gasteiger partial charge in [-0.15, -0.1) is 12.4 Å². The van der Waals surface area contributed by atoms with Gasteiger partial charge in [0.05, 0.1) is 6.10 Å². The second-order valence-corrected chi connectivity index (χ2v) is 5.96. The molecule has 2 heterocycles.